The van der Waals surface area contributed by atoms with Crippen LogP contribution < -0.4 is 10.2 Å². The smallest absolute Gasteiger partial charge is 0.338 e. The number of rotatable bonds is 9. The highest BCUT2D eigenvalue weighted by Gasteiger charge is 2.32. The first-order valence-electron chi connectivity index (χ1n) is 11.6. The minimum atomic E-state index is -3.69. The number of esters is 1. The Morgan fingerprint density at radius 1 is 1.09 bits per heavy atom. The zero-order chi connectivity index (χ0) is 24.7. The third-order valence-corrected chi connectivity index (χ3v) is 8.14. The van der Waals surface area contributed by atoms with Crippen molar-refractivity contribution in [1.29, 1.82) is 0 Å². The molecule has 184 valence electrons. The van der Waals surface area contributed by atoms with Crippen molar-refractivity contribution in [3.8, 4) is 0 Å². The third kappa shape index (κ3) is 6.15. The average Bonchev–Trinajstić information content (AvgIpc) is 2.87. The molecule has 2 aromatic carbocycles. The number of benzene rings is 2. The van der Waals surface area contributed by atoms with Gasteiger partial charge < -0.3 is 15.0 Å². The summed E-state index contributed by atoms with van der Waals surface area (Å²) >= 11 is 0. The molecule has 0 aromatic heterocycles. The van der Waals surface area contributed by atoms with Gasteiger partial charge in [-0.05, 0) is 63.1 Å². The summed E-state index contributed by atoms with van der Waals surface area (Å²) in [6.07, 6.45) is 0.934. The van der Waals surface area contributed by atoms with Crippen molar-refractivity contribution in [2.75, 3.05) is 38.2 Å². The molecule has 1 atom stereocenters. The summed E-state index contributed by atoms with van der Waals surface area (Å²) < 4.78 is 32.3. The number of nitrogens with one attached hydrogen (secondary N) is 1. The van der Waals surface area contributed by atoms with E-state index in [9.17, 15) is 18.0 Å². The summed E-state index contributed by atoms with van der Waals surface area (Å²) in [5.74, 6) is -0.737. The van der Waals surface area contributed by atoms with Crippen LogP contribution >= 0.6 is 0 Å². The molecule has 1 aliphatic heterocycles. The highest BCUT2D eigenvalue weighted by Crippen LogP contribution is 2.24. The van der Waals surface area contributed by atoms with Crippen molar-refractivity contribution in [3.05, 3.63) is 60.2 Å². The molecule has 1 saturated heterocycles. The molecule has 1 heterocycles. The molecular formula is C25H33N3O5S. The second-order valence-electron chi connectivity index (χ2n) is 8.46. The maximum Gasteiger partial charge on any atom is 0.338 e. The Morgan fingerprint density at radius 3 is 2.29 bits per heavy atom. The molecular weight excluding hydrogens is 454 g/mol. The molecule has 0 aliphatic carbocycles. The first-order chi connectivity index (χ1) is 16.2. The van der Waals surface area contributed by atoms with E-state index in [1.807, 2.05) is 37.4 Å². The number of carbonyl (C=O) groups is 2. The summed E-state index contributed by atoms with van der Waals surface area (Å²) in [7, 11) is -1.70. The molecule has 3 rings (SSSR count). The molecule has 1 N–H and O–H groups in total. The number of sulfonamides is 1. The van der Waals surface area contributed by atoms with Crippen molar-refractivity contribution in [1.82, 2.24) is 9.62 Å². The molecule has 9 heteroatoms. The van der Waals surface area contributed by atoms with Crippen LogP contribution in [-0.4, -0.2) is 63.9 Å². The van der Waals surface area contributed by atoms with Gasteiger partial charge in [0.2, 0.25) is 15.9 Å². The van der Waals surface area contributed by atoms with Crippen LogP contribution in [-0.2, 0) is 19.6 Å². The topological polar surface area (TPSA) is 96.0 Å². The van der Waals surface area contributed by atoms with E-state index < -0.39 is 16.0 Å². The second-order valence-corrected chi connectivity index (χ2v) is 10.4. The Morgan fingerprint density at radius 2 is 1.71 bits per heavy atom. The number of carbonyl (C=O) groups excluding carboxylic acids is 2. The van der Waals surface area contributed by atoms with Gasteiger partial charge >= 0.3 is 5.97 Å². The lowest BCUT2D eigenvalue weighted by Gasteiger charge is -2.31. The van der Waals surface area contributed by atoms with Gasteiger partial charge in [-0.25, -0.2) is 13.2 Å². The van der Waals surface area contributed by atoms with Crippen molar-refractivity contribution in [2.24, 2.45) is 5.92 Å². The van der Waals surface area contributed by atoms with E-state index in [-0.39, 0.29) is 42.5 Å². The molecule has 1 fully saturated rings. The van der Waals surface area contributed by atoms with E-state index in [0.717, 1.165) is 5.69 Å². The number of ether oxygens (including phenoxy) is 1. The minimum absolute atomic E-state index is 0.0378. The van der Waals surface area contributed by atoms with Gasteiger partial charge in [-0.15, -0.1) is 0 Å². The Hall–Kier alpha value is -2.91. The van der Waals surface area contributed by atoms with E-state index in [2.05, 4.69) is 17.1 Å². The molecule has 1 unspecified atom stereocenters. The fraction of sp³-hybridized carbons (Fsp3) is 0.440. The summed E-state index contributed by atoms with van der Waals surface area (Å²) in [4.78, 5) is 26.7. The van der Waals surface area contributed by atoms with E-state index in [1.165, 1.54) is 28.6 Å². The molecule has 0 spiro atoms. The van der Waals surface area contributed by atoms with Gasteiger partial charge in [0.1, 0.15) is 0 Å². The number of anilines is 1. The maximum absolute atomic E-state index is 13.0. The van der Waals surface area contributed by atoms with Crippen LogP contribution in [0.15, 0.2) is 59.5 Å². The minimum Gasteiger partial charge on any atom is -0.462 e. The summed E-state index contributed by atoms with van der Waals surface area (Å²) in [6, 6.07) is 15.9. The van der Waals surface area contributed by atoms with Crippen LogP contribution in [0, 0.1) is 5.92 Å². The number of amides is 1. The normalized spacial score (nSPS) is 16.0. The Balaban J connectivity index is 1.51. The maximum atomic E-state index is 13.0. The standard InChI is InChI=1S/C25H33N3O5S/c1-4-33-25(30)21-10-12-23(13-11-21)34(31,32)28-16-14-20(15-17-28)24(29)26-18-19(2)27(3)22-8-6-5-7-9-22/h5-13,19-20H,4,14-18H2,1-3H3,(H,26,29). The predicted molar refractivity (Wildman–Crippen MR) is 131 cm³/mol. The quantitative estimate of drug-likeness (QED) is 0.547. The summed E-state index contributed by atoms with van der Waals surface area (Å²) in [5.41, 5.74) is 1.39. The van der Waals surface area contributed by atoms with Gasteiger partial charge in [-0.2, -0.15) is 4.31 Å². The Labute approximate surface area is 201 Å². The number of piperidine rings is 1. The van der Waals surface area contributed by atoms with Crippen molar-refractivity contribution < 1.29 is 22.7 Å². The number of likely N-dealkylation sites (N-methyl/N-ethyl adjacent to an activating group) is 1. The van der Waals surface area contributed by atoms with Crippen molar-refractivity contribution >= 4 is 27.6 Å². The lowest BCUT2D eigenvalue weighted by Crippen LogP contribution is -2.46. The number of para-hydroxylation sites is 1. The molecule has 8 nitrogen and oxygen atoms in total. The van der Waals surface area contributed by atoms with Gasteiger partial charge in [0.05, 0.1) is 17.1 Å². The van der Waals surface area contributed by atoms with Crippen LogP contribution in [0.3, 0.4) is 0 Å². The zero-order valence-electron chi connectivity index (χ0n) is 19.9. The van der Waals surface area contributed by atoms with E-state index in [1.54, 1.807) is 6.92 Å². The van der Waals surface area contributed by atoms with Gasteiger partial charge in [0.25, 0.3) is 0 Å². The molecule has 0 radical (unpaired) electrons. The number of hydrogen-bond acceptors (Lipinski definition) is 6. The molecule has 0 bridgehead atoms. The van der Waals surface area contributed by atoms with Crippen LogP contribution in [0.1, 0.15) is 37.0 Å². The Bertz CT molecular complexity index is 1070. The SMILES string of the molecule is CCOC(=O)c1ccc(S(=O)(=O)N2CCC(C(=O)NCC(C)N(C)c3ccccc3)CC2)cc1. The fourth-order valence-corrected chi connectivity index (χ4v) is 5.40. The number of nitrogens with zero attached hydrogens (tertiary/aromatic N) is 2. The molecule has 2 aromatic rings. The largest absolute Gasteiger partial charge is 0.462 e. The van der Waals surface area contributed by atoms with Crippen molar-refractivity contribution in [3.63, 3.8) is 0 Å². The Kier molecular flexibility index (Phi) is 8.68. The highest BCUT2D eigenvalue weighted by molar-refractivity contribution is 7.89. The van der Waals surface area contributed by atoms with E-state index >= 15 is 0 Å². The first-order valence-corrected chi connectivity index (χ1v) is 13.0. The average molecular weight is 488 g/mol. The predicted octanol–water partition coefficient (Wildman–Crippen LogP) is 2.91. The van der Waals surface area contributed by atoms with Gasteiger partial charge in [-0.3, -0.25) is 4.79 Å². The van der Waals surface area contributed by atoms with Gasteiger partial charge in [-0.1, -0.05) is 18.2 Å². The summed E-state index contributed by atoms with van der Waals surface area (Å²) in [5, 5.41) is 3.02. The van der Waals surface area contributed by atoms with Crippen molar-refractivity contribution in [2.45, 2.75) is 37.6 Å². The van der Waals surface area contributed by atoms with E-state index in [4.69, 9.17) is 4.74 Å². The zero-order valence-corrected chi connectivity index (χ0v) is 20.8. The van der Waals surface area contributed by atoms with Gasteiger partial charge in [0, 0.05) is 44.3 Å². The first kappa shape index (κ1) is 25.7. The lowest BCUT2D eigenvalue weighted by atomic mass is 9.97. The fourth-order valence-electron chi connectivity index (χ4n) is 3.93. The summed E-state index contributed by atoms with van der Waals surface area (Å²) in [6.45, 7) is 5.08. The molecule has 1 aliphatic rings. The monoisotopic (exact) mass is 487 g/mol. The molecule has 1 amide bonds. The second kappa shape index (κ2) is 11.5. The van der Waals surface area contributed by atoms with Crippen LogP contribution in [0.4, 0.5) is 5.69 Å². The van der Waals surface area contributed by atoms with Crippen LogP contribution in [0.25, 0.3) is 0 Å². The molecule has 0 saturated carbocycles. The third-order valence-electron chi connectivity index (χ3n) is 6.22. The highest BCUT2D eigenvalue weighted by atomic mass is 32.2. The number of hydrogen-bond donors (Lipinski definition) is 1. The lowest BCUT2D eigenvalue weighted by molar-refractivity contribution is -0.126. The van der Waals surface area contributed by atoms with E-state index in [0.29, 0.717) is 24.9 Å². The van der Waals surface area contributed by atoms with Crippen LogP contribution in [0.2, 0.25) is 0 Å². The van der Waals surface area contributed by atoms with Crippen LogP contribution in [0.5, 0.6) is 0 Å². The molecule has 34 heavy (non-hydrogen) atoms. The van der Waals surface area contributed by atoms with Gasteiger partial charge in [0.15, 0.2) is 0 Å².